The Kier molecular flexibility index (Phi) is 6.48. The van der Waals surface area contributed by atoms with E-state index >= 15 is 0 Å². The minimum atomic E-state index is -5.04. The maximum atomic E-state index is 11.1. The molecule has 0 rings (SSSR count). The fourth-order valence-corrected chi connectivity index (χ4v) is 3.36. The van der Waals surface area contributed by atoms with Gasteiger partial charge in [-0.3, -0.25) is 9.46 Å². The molecule has 3 unspecified atom stereocenters. The van der Waals surface area contributed by atoms with Gasteiger partial charge in [0, 0.05) is 10.4 Å². The molecule has 0 heterocycles. The monoisotopic (exact) mass is 291 g/mol. The Morgan fingerprint density at radius 1 is 1.25 bits per heavy atom. The summed E-state index contributed by atoms with van der Waals surface area (Å²) in [5.74, 6) is 0.629. The Morgan fingerprint density at radius 2 is 1.81 bits per heavy atom. The molecule has 0 aliphatic rings. The Morgan fingerprint density at radius 3 is 2.25 bits per heavy atom. The molecule has 0 saturated heterocycles. The summed E-state index contributed by atoms with van der Waals surface area (Å²) in [6.07, 6.45) is 4.03. The Labute approximate surface area is 92.3 Å². The predicted octanol–water partition coefficient (Wildman–Crippen LogP) is 2.04. The first-order chi connectivity index (χ1) is 7.18. The molecule has 0 aliphatic carbocycles. The summed E-state index contributed by atoms with van der Waals surface area (Å²) in [5, 5.41) is 0. The third-order valence-electron chi connectivity index (χ3n) is 0.971. The van der Waals surface area contributed by atoms with Gasteiger partial charge in [0.2, 0.25) is 0 Å². The van der Waals surface area contributed by atoms with Crippen molar-refractivity contribution in [3.8, 4) is 0 Å². The molecule has 0 fully saturated rings. The van der Waals surface area contributed by atoms with Gasteiger partial charge in [-0.05, 0) is 11.2 Å². The molecule has 3 N–H and O–H groups in total. The SMILES string of the molecule is CC=C/C=C/P(=O)(O)OP(=O)(O)O[P+](=O)O. The number of rotatable bonds is 6. The fourth-order valence-electron chi connectivity index (χ4n) is 0.548. The number of hydrogen-bond donors (Lipinski definition) is 3. The van der Waals surface area contributed by atoms with Gasteiger partial charge < -0.3 is 4.89 Å². The average Bonchev–Trinajstić information content (AvgIpc) is 1.98. The minimum Gasteiger partial charge on any atom is -0.321 e. The largest absolute Gasteiger partial charge is 0.705 e. The van der Waals surface area contributed by atoms with Crippen LogP contribution < -0.4 is 0 Å². The molecule has 8 nitrogen and oxygen atoms in total. The van der Waals surface area contributed by atoms with E-state index in [1.54, 1.807) is 6.92 Å². The highest BCUT2D eigenvalue weighted by atomic mass is 31.3. The van der Waals surface area contributed by atoms with Crippen LogP contribution in [-0.2, 0) is 22.3 Å². The lowest BCUT2D eigenvalue weighted by Gasteiger charge is -2.07. The van der Waals surface area contributed by atoms with Crippen LogP contribution in [0.5, 0.6) is 0 Å². The van der Waals surface area contributed by atoms with Crippen LogP contribution in [0.4, 0.5) is 0 Å². The van der Waals surface area contributed by atoms with Crippen molar-refractivity contribution in [3.05, 3.63) is 24.0 Å². The zero-order chi connectivity index (χ0) is 12.8. The zero-order valence-corrected chi connectivity index (χ0v) is 10.7. The van der Waals surface area contributed by atoms with Gasteiger partial charge in [-0.2, -0.15) is 0 Å². The van der Waals surface area contributed by atoms with Gasteiger partial charge in [-0.25, -0.2) is 8.88 Å². The summed E-state index contributed by atoms with van der Waals surface area (Å²) in [5.41, 5.74) is 0. The first-order valence-electron chi connectivity index (χ1n) is 3.71. The fraction of sp³-hybridized carbons (Fsp3) is 0.200. The zero-order valence-electron chi connectivity index (χ0n) is 8.03. The van der Waals surface area contributed by atoms with Crippen LogP contribution in [0.2, 0.25) is 0 Å². The van der Waals surface area contributed by atoms with E-state index in [9.17, 15) is 13.7 Å². The molecule has 0 bridgehead atoms. The predicted molar refractivity (Wildman–Crippen MR) is 55.6 cm³/mol. The molecule has 0 radical (unpaired) electrons. The highest BCUT2D eigenvalue weighted by molar-refractivity contribution is 7.68. The van der Waals surface area contributed by atoms with Gasteiger partial charge in [0.25, 0.3) is 0 Å². The molecule has 0 aromatic carbocycles. The second-order valence-corrected chi connectivity index (χ2v) is 6.45. The van der Waals surface area contributed by atoms with E-state index < -0.39 is 23.7 Å². The van der Waals surface area contributed by atoms with Crippen molar-refractivity contribution in [3.63, 3.8) is 0 Å². The van der Waals surface area contributed by atoms with Gasteiger partial charge in [-0.15, -0.1) is 4.89 Å². The smallest absolute Gasteiger partial charge is 0.321 e. The number of hydrogen-bond acceptors (Lipinski definition) is 5. The van der Waals surface area contributed by atoms with Gasteiger partial charge in [-0.1, -0.05) is 18.2 Å². The Balaban J connectivity index is 4.64. The van der Waals surface area contributed by atoms with Crippen molar-refractivity contribution < 1.29 is 37.0 Å². The van der Waals surface area contributed by atoms with Crippen molar-refractivity contribution >= 4 is 23.7 Å². The standard InChI is InChI=1S/C5H9O8P3/c1-2-3-4-5-15(8,9)13-16(10,11)12-14(6)7/h2-5H,1H3,(H2-,6,7,8,9,10,11)/p+1/b3-2?,5-4+. The van der Waals surface area contributed by atoms with Crippen molar-refractivity contribution in [1.82, 2.24) is 0 Å². The topological polar surface area (TPSA) is 130 Å². The normalized spacial score (nSPS) is 20.9. The average molecular weight is 291 g/mol. The summed E-state index contributed by atoms with van der Waals surface area (Å²) in [6.45, 7) is 1.64. The first-order valence-corrected chi connectivity index (χ1v) is 7.99. The Hall–Kier alpha value is -0.160. The lowest BCUT2D eigenvalue weighted by Crippen LogP contribution is -1.87. The molecular formula is C5H10O8P3+. The van der Waals surface area contributed by atoms with Gasteiger partial charge >= 0.3 is 23.7 Å². The van der Waals surface area contributed by atoms with Crippen molar-refractivity contribution in [2.75, 3.05) is 0 Å². The van der Waals surface area contributed by atoms with Crippen molar-refractivity contribution in [1.29, 1.82) is 0 Å². The first kappa shape index (κ1) is 15.8. The molecule has 11 heteroatoms. The lowest BCUT2D eigenvalue weighted by molar-refractivity contribution is 0.266. The van der Waals surface area contributed by atoms with Crippen LogP contribution in [0.25, 0.3) is 0 Å². The van der Waals surface area contributed by atoms with Gasteiger partial charge in [0.05, 0.1) is 0 Å². The van der Waals surface area contributed by atoms with E-state index in [2.05, 4.69) is 8.62 Å². The van der Waals surface area contributed by atoms with Crippen LogP contribution in [0.3, 0.4) is 0 Å². The minimum absolute atomic E-state index is 0.629. The Bertz CT molecular complexity index is 398. The van der Waals surface area contributed by atoms with E-state index in [4.69, 9.17) is 14.7 Å². The second kappa shape index (κ2) is 6.55. The third kappa shape index (κ3) is 8.05. The molecule has 92 valence electrons. The molecule has 0 aromatic heterocycles. The highest BCUT2D eigenvalue weighted by Gasteiger charge is 2.40. The molecule has 0 spiro atoms. The van der Waals surface area contributed by atoms with Crippen LogP contribution in [-0.4, -0.2) is 14.7 Å². The molecule has 0 saturated carbocycles. The van der Waals surface area contributed by atoms with Crippen molar-refractivity contribution in [2.45, 2.75) is 6.92 Å². The lowest BCUT2D eigenvalue weighted by atomic mass is 10.5. The van der Waals surface area contributed by atoms with Gasteiger partial charge in [0.1, 0.15) is 0 Å². The van der Waals surface area contributed by atoms with E-state index in [1.165, 1.54) is 12.2 Å². The molecule has 3 atom stereocenters. The highest BCUT2D eigenvalue weighted by Crippen LogP contribution is 2.63. The summed E-state index contributed by atoms with van der Waals surface area (Å²) < 4.78 is 39.4. The summed E-state index contributed by atoms with van der Waals surface area (Å²) in [6, 6.07) is 0. The maximum Gasteiger partial charge on any atom is 0.705 e. The number of phosphoric acid groups is 1. The van der Waals surface area contributed by atoms with E-state index in [0.717, 1.165) is 6.08 Å². The van der Waals surface area contributed by atoms with Gasteiger partial charge in [0.15, 0.2) is 0 Å². The quantitative estimate of drug-likeness (QED) is 0.500. The third-order valence-corrected chi connectivity index (χ3v) is 4.67. The van der Waals surface area contributed by atoms with Crippen LogP contribution >= 0.6 is 23.7 Å². The number of allylic oxidation sites excluding steroid dienone is 3. The summed E-state index contributed by atoms with van der Waals surface area (Å²) in [4.78, 5) is 25.9. The van der Waals surface area contributed by atoms with Crippen molar-refractivity contribution in [2.24, 2.45) is 0 Å². The second-order valence-electron chi connectivity index (χ2n) is 2.30. The van der Waals surface area contributed by atoms with Crippen LogP contribution in [0.15, 0.2) is 24.0 Å². The van der Waals surface area contributed by atoms with Crippen LogP contribution in [0, 0.1) is 0 Å². The molecule has 0 aromatic rings. The molecule has 16 heavy (non-hydrogen) atoms. The molecular weight excluding hydrogens is 281 g/mol. The molecule has 0 amide bonds. The van der Waals surface area contributed by atoms with E-state index in [-0.39, 0.29) is 0 Å². The molecule has 0 aliphatic heterocycles. The summed E-state index contributed by atoms with van der Waals surface area (Å²) >= 11 is 0. The summed E-state index contributed by atoms with van der Waals surface area (Å²) in [7, 11) is -13.0. The van der Waals surface area contributed by atoms with E-state index in [1.807, 2.05) is 0 Å². The van der Waals surface area contributed by atoms with Crippen LogP contribution in [0.1, 0.15) is 6.92 Å². The van der Waals surface area contributed by atoms with E-state index in [0.29, 0.717) is 5.82 Å². The maximum absolute atomic E-state index is 11.1.